The molecule has 3 aromatic rings. The number of ether oxygens (including phenoxy) is 1. The van der Waals surface area contributed by atoms with Gasteiger partial charge in [0.2, 0.25) is 0 Å². The van der Waals surface area contributed by atoms with E-state index in [1.165, 1.54) is 32.1 Å². The number of carbonyl (C=O) groups is 1. The molecule has 1 aromatic heterocycles. The van der Waals surface area contributed by atoms with E-state index in [1.807, 2.05) is 42.5 Å². The predicted molar refractivity (Wildman–Crippen MR) is 137 cm³/mol. The first kappa shape index (κ1) is 24.0. The number of amides is 1. The SMILES string of the molecule is COc1ccc2c(Sc3ccc(Cl)cc3)c(C(=O)NCCCN(C)C3CCCCC3)[nH]c2c1. The van der Waals surface area contributed by atoms with Crippen molar-refractivity contribution in [3.05, 3.63) is 53.2 Å². The quantitative estimate of drug-likeness (QED) is 0.346. The van der Waals surface area contributed by atoms with Crippen LogP contribution in [0.3, 0.4) is 0 Å². The maximum absolute atomic E-state index is 13.2. The average molecular weight is 486 g/mol. The van der Waals surface area contributed by atoms with E-state index in [0.29, 0.717) is 23.3 Å². The Bertz CT molecular complexity index is 1080. The number of rotatable bonds is 9. The predicted octanol–water partition coefficient (Wildman–Crippen LogP) is 6.37. The molecule has 1 saturated carbocycles. The van der Waals surface area contributed by atoms with Crippen LogP contribution in [0.4, 0.5) is 0 Å². The third-order valence-electron chi connectivity index (χ3n) is 6.39. The molecule has 5 nitrogen and oxygen atoms in total. The second-order valence-corrected chi connectivity index (χ2v) is 10.2. The standard InChI is InChI=1S/C26H32ClN3O2S/c1-30(19-7-4-3-5-8-19)16-6-15-28-26(31)24-25(33-21-12-9-18(27)10-13-21)22-14-11-20(32-2)17-23(22)29-24/h9-14,17,19,29H,3-8,15-16H2,1-2H3,(H,28,31). The summed E-state index contributed by atoms with van der Waals surface area (Å²) < 4.78 is 5.37. The Balaban J connectivity index is 1.45. The maximum atomic E-state index is 13.2. The van der Waals surface area contributed by atoms with Crippen molar-refractivity contribution >= 4 is 40.2 Å². The third-order valence-corrected chi connectivity index (χ3v) is 7.78. The number of halogens is 1. The van der Waals surface area contributed by atoms with Gasteiger partial charge in [0.1, 0.15) is 11.4 Å². The van der Waals surface area contributed by atoms with Gasteiger partial charge in [-0.25, -0.2) is 0 Å². The molecule has 0 unspecified atom stereocenters. The fourth-order valence-corrected chi connectivity index (χ4v) is 5.65. The highest BCUT2D eigenvalue weighted by Crippen LogP contribution is 2.38. The largest absolute Gasteiger partial charge is 0.497 e. The van der Waals surface area contributed by atoms with E-state index < -0.39 is 0 Å². The summed E-state index contributed by atoms with van der Waals surface area (Å²) in [7, 11) is 3.86. The first-order valence-corrected chi connectivity index (χ1v) is 12.9. The fourth-order valence-electron chi connectivity index (χ4n) is 4.49. The van der Waals surface area contributed by atoms with Crippen LogP contribution in [0.2, 0.25) is 5.02 Å². The zero-order valence-electron chi connectivity index (χ0n) is 19.3. The van der Waals surface area contributed by atoms with E-state index in [9.17, 15) is 4.79 Å². The number of benzene rings is 2. The van der Waals surface area contributed by atoms with Gasteiger partial charge in [-0.05, 0) is 69.3 Å². The van der Waals surface area contributed by atoms with Crippen LogP contribution in [0.25, 0.3) is 10.9 Å². The molecule has 0 spiro atoms. The number of hydrogen-bond donors (Lipinski definition) is 2. The van der Waals surface area contributed by atoms with Gasteiger partial charge >= 0.3 is 0 Å². The smallest absolute Gasteiger partial charge is 0.268 e. The molecule has 0 saturated heterocycles. The van der Waals surface area contributed by atoms with Gasteiger partial charge in [-0.3, -0.25) is 4.79 Å². The monoisotopic (exact) mass is 485 g/mol. The number of nitrogens with zero attached hydrogens (tertiary/aromatic N) is 1. The molecule has 1 aliphatic carbocycles. The van der Waals surface area contributed by atoms with Crippen LogP contribution >= 0.6 is 23.4 Å². The average Bonchev–Trinajstić information content (AvgIpc) is 3.21. The summed E-state index contributed by atoms with van der Waals surface area (Å²) in [5, 5.41) is 4.81. The molecule has 0 atom stereocenters. The van der Waals surface area contributed by atoms with Crippen molar-refractivity contribution in [1.29, 1.82) is 0 Å². The summed E-state index contributed by atoms with van der Waals surface area (Å²) in [4.78, 5) is 20.9. The van der Waals surface area contributed by atoms with Crippen LogP contribution in [-0.4, -0.2) is 49.1 Å². The van der Waals surface area contributed by atoms with Crippen molar-refractivity contribution < 1.29 is 9.53 Å². The molecule has 0 radical (unpaired) electrons. The number of H-pyrrole nitrogens is 1. The highest BCUT2D eigenvalue weighted by atomic mass is 35.5. The lowest BCUT2D eigenvalue weighted by molar-refractivity contribution is 0.0943. The van der Waals surface area contributed by atoms with E-state index in [1.54, 1.807) is 18.9 Å². The van der Waals surface area contributed by atoms with Crippen molar-refractivity contribution in [2.45, 2.75) is 54.4 Å². The van der Waals surface area contributed by atoms with Gasteiger partial charge in [0.15, 0.2) is 0 Å². The summed E-state index contributed by atoms with van der Waals surface area (Å²) in [6.07, 6.45) is 7.58. The molecule has 1 amide bonds. The van der Waals surface area contributed by atoms with E-state index in [-0.39, 0.29) is 5.91 Å². The van der Waals surface area contributed by atoms with Crippen LogP contribution in [0.5, 0.6) is 5.75 Å². The molecule has 7 heteroatoms. The third kappa shape index (κ3) is 6.05. The number of fused-ring (bicyclic) bond motifs is 1. The summed E-state index contributed by atoms with van der Waals surface area (Å²) >= 11 is 7.61. The molecule has 1 aliphatic rings. The van der Waals surface area contributed by atoms with Gasteiger partial charge in [0, 0.05) is 34.0 Å². The lowest BCUT2D eigenvalue weighted by Gasteiger charge is -2.31. The minimum atomic E-state index is -0.0815. The first-order valence-electron chi connectivity index (χ1n) is 11.7. The second-order valence-electron chi connectivity index (χ2n) is 8.68. The molecular formula is C26H32ClN3O2S. The molecule has 0 bridgehead atoms. The summed E-state index contributed by atoms with van der Waals surface area (Å²) in [5.41, 5.74) is 1.46. The highest BCUT2D eigenvalue weighted by Gasteiger charge is 2.20. The van der Waals surface area contributed by atoms with Gasteiger partial charge in [-0.1, -0.05) is 42.6 Å². The Labute approximate surface area is 205 Å². The zero-order valence-corrected chi connectivity index (χ0v) is 20.9. The zero-order chi connectivity index (χ0) is 23.2. The Morgan fingerprint density at radius 2 is 1.94 bits per heavy atom. The number of nitrogens with one attached hydrogen (secondary N) is 2. The lowest BCUT2D eigenvalue weighted by Crippen LogP contribution is -2.36. The topological polar surface area (TPSA) is 57.4 Å². The van der Waals surface area contributed by atoms with Gasteiger partial charge in [0.25, 0.3) is 5.91 Å². The Hall–Kier alpha value is -2.15. The second kappa shape index (κ2) is 11.3. The van der Waals surface area contributed by atoms with Crippen molar-refractivity contribution in [3.8, 4) is 5.75 Å². The van der Waals surface area contributed by atoms with Gasteiger partial charge in [0.05, 0.1) is 17.5 Å². The number of hydrogen-bond acceptors (Lipinski definition) is 4. The van der Waals surface area contributed by atoms with Crippen LogP contribution in [0, 0.1) is 0 Å². The van der Waals surface area contributed by atoms with Gasteiger partial charge in [-0.15, -0.1) is 0 Å². The molecule has 1 fully saturated rings. The number of aromatic nitrogens is 1. The minimum absolute atomic E-state index is 0.0815. The van der Waals surface area contributed by atoms with Crippen LogP contribution in [-0.2, 0) is 0 Å². The van der Waals surface area contributed by atoms with Crippen molar-refractivity contribution in [3.63, 3.8) is 0 Å². The summed E-state index contributed by atoms with van der Waals surface area (Å²) in [6, 6.07) is 14.2. The summed E-state index contributed by atoms with van der Waals surface area (Å²) in [6.45, 7) is 1.65. The molecule has 33 heavy (non-hydrogen) atoms. The molecule has 4 rings (SSSR count). The van der Waals surface area contributed by atoms with Crippen molar-refractivity contribution in [2.24, 2.45) is 0 Å². The van der Waals surface area contributed by atoms with Crippen LogP contribution in [0.1, 0.15) is 49.0 Å². The summed E-state index contributed by atoms with van der Waals surface area (Å²) in [5.74, 6) is 0.673. The molecule has 1 heterocycles. The number of carbonyl (C=O) groups excluding carboxylic acids is 1. The van der Waals surface area contributed by atoms with Crippen molar-refractivity contribution in [2.75, 3.05) is 27.2 Å². The first-order chi connectivity index (χ1) is 16.0. The van der Waals surface area contributed by atoms with E-state index in [0.717, 1.165) is 39.4 Å². The van der Waals surface area contributed by atoms with E-state index >= 15 is 0 Å². The molecule has 2 aromatic carbocycles. The van der Waals surface area contributed by atoms with Crippen molar-refractivity contribution in [1.82, 2.24) is 15.2 Å². The Morgan fingerprint density at radius 1 is 1.18 bits per heavy atom. The van der Waals surface area contributed by atoms with Crippen LogP contribution < -0.4 is 10.1 Å². The maximum Gasteiger partial charge on any atom is 0.268 e. The van der Waals surface area contributed by atoms with E-state index in [4.69, 9.17) is 16.3 Å². The normalized spacial score (nSPS) is 14.7. The molecule has 2 N–H and O–H groups in total. The lowest BCUT2D eigenvalue weighted by atomic mass is 9.94. The van der Waals surface area contributed by atoms with Gasteiger partial charge < -0.3 is 19.9 Å². The fraction of sp³-hybridized carbons (Fsp3) is 0.423. The molecule has 0 aliphatic heterocycles. The molecule has 176 valence electrons. The molecular weight excluding hydrogens is 454 g/mol. The number of aromatic amines is 1. The van der Waals surface area contributed by atoms with Crippen LogP contribution in [0.15, 0.2) is 52.3 Å². The van der Waals surface area contributed by atoms with Gasteiger partial charge in [-0.2, -0.15) is 0 Å². The highest BCUT2D eigenvalue weighted by molar-refractivity contribution is 7.99. The Kier molecular flexibility index (Phi) is 8.23. The Morgan fingerprint density at radius 3 is 2.67 bits per heavy atom. The van der Waals surface area contributed by atoms with E-state index in [2.05, 4.69) is 22.2 Å². The number of methoxy groups -OCH3 is 1. The minimum Gasteiger partial charge on any atom is -0.497 e.